The monoisotopic (exact) mass is 414 g/mol. The Balaban J connectivity index is 1.41. The van der Waals surface area contributed by atoms with Crippen molar-refractivity contribution in [1.82, 2.24) is 14.5 Å². The number of fused-ring (bicyclic) bond motifs is 5. The Bertz CT molecular complexity index is 1240. The molecule has 1 saturated heterocycles. The molecule has 5 nitrogen and oxygen atoms in total. The van der Waals surface area contributed by atoms with Crippen molar-refractivity contribution in [2.24, 2.45) is 0 Å². The Hall–Kier alpha value is -2.63. The van der Waals surface area contributed by atoms with Crippen LogP contribution < -0.4 is 4.90 Å². The van der Waals surface area contributed by atoms with E-state index in [9.17, 15) is 5.11 Å². The lowest BCUT2D eigenvalue weighted by atomic mass is 10.1. The number of nitrogens with zero attached hydrogens (tertiary/aromatic N) is 4. The van der Waals surface area contributed by atoms with Gasteiger partial charge in [0.15, 0.2) is 0 Å². The maximum atomic E-state index is 9.78. The molecule has 0 saturated carbocycles. The number of aliphatic hydroxyl groups is 1. The molecule has 0 radical (unpaired) electrons. The van der Waals surface area contributed by atoms with Gasteiger partial charge < -0.3 is 19.5 Å². The first kappa shape index (κ1) is 19.1. The predicted octanol–water partition coefficient (Wildman–Crippen LogP) is 4.40. The Labute approximate surface area is 182 Å². The fourth-order valence-corrected chi connectivity index (χ4v) is 5.59. The van der Waals surface area contributed by atoms with E-state index in [0.717, 1.165) is 76.0 Å². The van der Waals surface area contributed by atoms with Gasteiger partial charge in [-0.3, -0.25) is 0 Å². The summed E-state index contributed by atoms with van der Waals surface area (Å²) in [4.78, 5) is 10.3. The maximum absolute atomic E-state index is 9.78. The number of pyridine rings is 1. The largest absolute Gasteiger partial charge is 0.393 e. The fraction of sp³-hybridized carbons (Fsp3) is 0.423. The van der Waals surface area contributed by atoms with Crippen molar-refractivity contribution < 1.29 is 5.11 Å². The van der Waals surface area contributed by atoms with Gasteiger partial charge in [0.2, 0.25) is 0 Å². The van der Waals surface area contributed by atoms with E-state index >= 15 is 0 Å². The first-order chi connectivity index (χ1) is 15.3. The third-order valence-electron chi connectivity index (χ3n) is 7.15. The van der Waals surface area contributed by atoms with E-state index in [1.165, 1.54) is 27.5 Å². The van der Waals surface area contributed by atoms with Crippen LogP contribution in [0.2, 0.25) is 0 Å². The summed E-state index contributed by atoms with van der Waals surface area (Å²) in [6.45, 7) is 6.34. The summed E-state index contributed by atoms with van der Waals surface area (Å²) < 4.78 is 2.51. The van der Waals surface area contributed by atoms with Crippen molar-refractivity contribution in [2.75, 3.05) is 37.6 Å². The van der Waals surface area contributed by atoms with Gasteiger partial charge in [0, 0.05) is 43.5 Å². The fourth-order valence-electron chi connectivity index (χ4n) is 5.59. The minimum absolute atomic E-state index is 0.0970. The second kappa shape index (κ2) is 7.81. The zero-order valence-electron chi connectivity index (χ0n) is 18.0. The minimum Gasteiger partial charge on any atom is -0.393 e. The zero-order chi connectivity index (χ0) is 20.8. The Morgan fingerprint density at radius 3 is 2.52 bits per heavy atom. The van der Waals surface area contributed by atoms with Crippen LogP contribution in [0.3, 0.4) is 0 Å². The maximum Gasteiger partial charge on any atom is 0.0988 e. The first-order valence-electron chi connectivity index (χ1n) is 11.7. The molecular weight excluding hydrogens is 384 g/mol. The SMILES string of the molecule is OC1CCN(CCCN2CCCn3c4ccccc4c4nc5ccccc5c2c43)CC1. The molecule has 0 atom stereocenters. The number of likely N-dealkylation sites (tertiary alicyclic amines) is 1. The second-order valence-corrected chi connectivity index (χ2v) is 9.11. The highest BCUT2D eigenvalue weighted by molar-refractivity contribution is 6.16. The Morgan fingerprint density at radius 2 is 1.65 bits per heavy atom. The molecule has 0 amide bonds. The lowest BCUT2D eigenvalue weighted by molar-refractivity contribution is 0.0823. The highest BCUT2D eigenvalue weighted by Gasteiger charge is 2.24. The molecule has 2 aliphatic rings. The topological polar surface area (TPSA) is 44.5 Å². The van der Waals surface area contributed by atoms with E-state index in [-0.39, 0.29) is 6.10 Å². The van der Waals surface area contributed by atoms with E-state index < -0.39 is 0 Å². The third kappa shape index (κ3) is 3.27. The molecule has 2 aromatic carbocycles. The summed E-state index contributed by atoms with van der Waals surface area (Å²) in [6, 6.07) is 17.4. The van der Waals surface area contributed by atoms with Crippen LogP contribution in [0.4, 0.5) is 5.69 Å². The Kier molecular flexibility index (Phi) is 4.81. The van der Waals surface area contributed by atoms with Gasteiger partial charge in [-0.05, 0) is 44.4 Å². The number of rotatable bonds is 4. The molecule has 160 valence electrons. The van der Waals surface area contributed by atoms with Gasteiger partial charge >= 0.3 is 0 Å². The average Bonchev–Trinajstić information content (AvgIpc) is 2.98. The third-order valence-corrected chi connectivity index (χ3v) is 7.15. The van der Waals surface area contributed by atoms with Gasteiger partial charge in [-0.2, -0.15) is 0 Å². The minimum atomic E-state index is -0.0970. The Morgan fingerprint density at radius 1 is 0.871 bits per heavy atom. The van der Waals surface area contributed by atoms with Crippen LogP contribution in [0.5, 0.6) is 0 Å². The van der Waals surface area contributed by atoms with Gasteiger partial charge in [0.05, 0.1) is 33.9 Å². The summed E-state index contributed by atoms with van der Waals surface area (Å²) in [7, 11) is 0. The van der Waals surface area contributed by atoms with Crippen LogP contribution >= 0.6 is 0 Å². The molecule has 6 rings (SSSR count). The van der Waals surface area contributed by atoms with Crippen molar-refractivity contribution in [3.05, 3.63) is 48.5 Å². The molecule has 0 aliphatic carbocycles. The second-order valence-electron chi connectivity index (χ2n) is 9.11. The molecule has 2 aromatic heterocycles. The molecule has 0 bridgehead atoms. The molecule has 4 aromatic rings. The number of hydrogen-bond acceptors (Lipinski definition) is 4. The predicted molar refractivity (Wildman–Crippen MR) is 128 cm³/mol. The van der Waals surface area contributed by atoms with E-state index in [1.54, 1.807) is 0 Å². The first-order valence-corrected chi connectivity index (χ1v) is 11.7. The number of piperidine rings is 1. The summed E-state index contributed by atoms with van der Waals surface area (Å²) in [6.07, 6.45) is 4.03. The number of aromatic nitrogens is 2. The summed E-state index contributed by atoms with van der Waals surface area (Å²) in [5.41, 5.74) is 6.20. The molecule has 5 heteroatoms. The van der Waals surface area contributed by atoms with E-state index in [2.05, 4.69) is 62.9 Å². The van der Waals surface area contributed by atoms with Crippen LogP contribution in [-0.2, 0) is 6.54 Å². The van der Waals surface area contributed by atoms with Gasteiger partial charge in [-0.15, -0.1) is 0 Å². The molecular formula is C26H30N4O. The molecule has 31 heavy (non-hydrogen) atoms. The molecule has 1 N–H and O–H groups in total. The van der Waals surface area contributed by atoms with Crippen LogP contribution in [0.15, 0.2) is 48.5 Å². The highest BCUT2D eigenvalue weighted by atomic mass is 16.3. The number of anilines is 1. The molecule has 0 unspecified atom stereocenters. The van der Waals surface area contributed by atoms with Crippen molar-refractivity contribution in [1.29, 1.82) is 0 Å². The number of aryl methyl sites for hydroxylation is 1. The summed E-state index contributed by atoms with van der Waals surface area (Å²) in [5, 5.41) is 12.3. The van der Waals surface area contributed by atoms with Crippen LogP contribution in [0, 0.1) is 0 Å². The lowest BCUT2D eigenvalue weighted by Gasteiger charge is -2.31. The number of para-hydroxylation sites is 2. The van der Waals surface area contributed by atoms with E-state index in [4.69, 9.17) is 4.98 Å². The number of hydrogen-bond donors (Lipinski definition) is 1. The van der Waals surface area contributed by atoms with E-state index in [1.807, 2.05) is 0 Å². The molecule has 1 fully saturated rings. The zero-order valence-corrected chi connectivity index (χ0v) is 18.0. The van der Waals surface area contributed by atoms with Crippen LogP contribution in [0.25, 0.3) is 32.8 Å². The lowest BCUT2D eigenvalue weighted by Crippen LogP contribution is -2.37. The van der Waals surface area contributed by atoms with Gasteiger partial charge in [0.25, 0.3) is 0 Å². The highest BCUT2D eigenvalue weighted by Crippen LogP contribution is 2.40. The van der Waals surface area contributed by atoms with Crippen LogP contribution in [-0.4, -0.2) is 58.4 Å². The van der Waals surface area contributed by atoms with Crippen molar-refractivity contribution in [3.8, 4) is 0 Å². The van der Waals surface area contributed by atoms with Crippen molar-refractivity contribution in [2.45, 2.75) is 38.3 Å². The summed E-state index contributed by atoms with van der Waals surface area (Å²) in [5.74, 6) is 0. The molecule has 2 aliphatic heterocycles. The molecule has 4 heterocycles. The molecule has 0 spiro atoms. The van der Waals surface area contributed by atoms with Crippen LogP contribution in [0.1, 0.15) is 25.7 Å². The average molecular weight is 415 g/mol. The van der Waals surface area contributed by atoms with Crippen molar-refractivity contribution >= 4 is 38.5 Å². The van der Waals surface area contributed by atoms with E-state index in [0.29, 0.717) is 0 Å². The number of benzene rings is 2. The van der Waals surface area contributed by atoms with Crippen molar-refractivity contribution in [3.63, 3.8) is 0 Å². The quantitative estimate of drug-likeness (QED) is 0.538. The normalized spacial score (nSPS) is 18.3. The number of aliphatic hydroxyl groups excluding tert-OH is 1. The van der Waals surface area contributed by atoms with Gasteiger partial charge in [0.1, 0.15) is 0 Å². The standard InChI is InChI=1S/C26H30N4O/c31-19-11-17-28(18-12-19)13-5-14-29-15-6-16-30-23-10-4-2-8-21(23)24-26(30)25(29)20-7-1-3-9-22(20)27-24/h1-4,7-10,19,31H,5-6,11-18H2. The smallest absolute Gasteiger partial charge is 0.0988 e. The summed E-state index contributed by atoms with van der Waals surface area (Å²) >= 11 is 0. The van der Waals surface area contributed by atoms with Gasteiger partial charge in [-0.1, -0.05) is 36.4 Å². The van der Waals surface area contributed by atoms with Gasteiger partial charge in [-0.25, -0.2) is 4.98 Å².